The Labute approximate surface area is 171 Å². The molecule has 1 fully saturated rings. The third-order valence-corrected chi connectivity index (χ3v) is 5.83. The van der Waals surface area contributed by atoms with Crippen molar-refractivity contribution >= 4 is 11.0 Å². The predicted molar refractivity (Wildman–Crippen MR) is 115 cm³/mol. The number of hydrogen-bond donors (Lipinski definition) is 1. The smallest absolute Gasteiger partial charge is 0.197 e. The summed E-state index contributed by atoms with van der Waals surface area (Å²) < 4.78 is 5.67. The minimum atomic E-state index is 0.0528. The van der Waals surface area contributed by atoms with Gasteiger partial charge in [-0.15, -0.1) is 0 Å². The van der Waals surface area contributed by atoms with Crippen LogP contribution >= 0.6 is 0 Å². The van der Waals surface area contributed by atoms with Crippen molar-refractivity contribution in [2.45, 2.75) is 25.4 Å². The summed E-state index contributed by atoms with van der Waals surface area (Å²) in [5.74, 6) is 0. The van der Waals surface area contributed by atoms with Crippen molar-refractivity contribution in [1.82, 2.24) is 9.80 Å². The highest BCUT2D eigenvalue weighted by atomic mass is 16.3. The zero-order chi connectivity index (χ0) is 20.1. The van der Waals surface area contributed by atoms with E-state index in [9.17, 15) is 9.90 Å². The van der Waals surface area contributed by atoms with E-state index in [1.165, 1.54) is 5.56 Å². The Morgan fingerprint density at radius 3 is 2.66 bits per heavy atom. The Kier molecular flexibility index (Phi) is 6.39. The largest absolute Gasteiger partial charge is 0.464 e. The number of piperazine rings is 1. The molecule has 1 aliphatic heterocycles. The van der Waals surface area contributed by atoms with Crippen molar-refractivity contribution in [2.75, 3.05) is 32.8 Å². The highest BCUT2D eigenvalue weighted by Gasteiger charge is 2.27. The number of aliphatic hydroxyl groups is 1. The minimum Gasteiger partial charge on any atom is -0.464 e. The summed E-state index contributed by atoms with van der Waals surface area (Å²) in [6.07, 6.45) is 3.36. The van der Waals surface area contributed by atoms with Crippen LogP contribution in [0.3, 0.4) is 0 Å². The minimum absolute atomic E-state index is 0.0528. The van der Waals surface area contributed by atoms with Crippen LogP contribution in [0.1, 0.15) is 17.5 Å². The maximum atomic E-state index is 12.8. The fourth-order valence-corrected chi connectivity index (χ4v) is 4.20. The number of para-hydroxylation sites is 1. The first-order valence-electron chi connectivity index (χ1n) is 10.3. The van der Waals surface area contributed by atoms with E-state index in [4.69, 9.17) is 4.42 Å². The Morgan fingerprint density at radius 2 is 1.83 bits per heavy atom. The van der Waals surface area contributed by atoms with Crippen LogP contribution < -0.4 is 5.43 Å². The molecule has 1 atom stereocenters. The molecule has 1 aliphatic rings. The quantitative estimate of drug-likeness (QED) is 0.670. The molecule has 0 saturated carbocycles. The van der Waals surface area contributed by atoms with Gasteiger partial charge in [0.15, 0.2) is 5.43 Å². The van der Waals surface area contributed by atoms with E-state index in [-0.39, 0.29) is 12.0 Å². The number of aliphatic hydroxyl groups excluding tert-OH is 1. The molecule has 0 bridgehead atoms. The van der Waals surface area contributed by atoms with Crippen LogP contribution in [0.2, 0.25) is 0 Å². The Bertz CT molecular complexity index is 986. The van der Waals surface area contributed by atoms with Crippen molar-refractivity contribution in [1.29, 1.82) is 0 Å². The zero-order valence-corrected chi connectivity index (χ0v) is 16.7. The second-order valence-electron chi connectivity index (χ2n) is 7.76. The van der Waals surface area contributed by atoms with Gasteiger partial charge in [-0.05, 0) is 30.5 Å². The number of fused-ring (bicyclic) bond motifs is 1. The summed E-state index contributed by atoms with van der Waals surface area (Å²) in [4.78, 5) is 17.6. The van der Waals surface area contributed by atoms with Gasteiger partial charge in [-0.3, -0.25) is 14.6 Å². The van der Waals surface area contributed by atoms with Crippen molar-refractivity contribution < 1.29 is 9.52 Å². The third-order valence-electron chi connectivity index (χ3n) is 5.83. The van der Waals surface area contributed by atoms with Crippen LogP contribution in [-0.2, 0) is 13.0 Å². The molecule has 1 N–H and O–H groups in total. The topological polar surface area (TPSA) is 56.9 Å². The summed E-state index contributed by atoms with van der Waals surface area (Å²) >= 11 is 0. The Balaban J connectivity index is 1.42. The average molecular weight is 392 g/mol. The molecule has 2 heterocycles. The second-order valence-corrected chi connectivity index (χ2v) is 7.76. The van der Waals surface area contributed by atoms with Crippen molar-refractivity contribution in [3.8, 4) is 0 Å². The average Bonchev–Trinajstić information content (AvgIpc) is 2.76. The van der Waals surface area contributed by atoms with Crippen LogP contribution in [0.4, 0.5) is 0 Å². The molecule has 0 aliphatic carbocycles. The summed E-state index contributed by atoms with van der Waals surface area (Å²) in [7, 11) is 0. The van der Waals surface area contributed by atoms with Crippen molar-refractivity contribution in [2.24, 2.45) is 0 Å². The number of benzene rings is 2. The molecule has 0 radical (unpaired) electrons. The molecule has 1 saturated heterocycles. The highest BCUT2D eigenvalue weighted by molar-refractivity contribution is 5.76. The first kappa shape index (κ1) is 19.8. The standard InChI is InChI=1S/C24H28N2O3/c27-15-11-21-17-25(13-14-26(21)12-10-19-6-2-1-3-7-19)16-20-18-29-23-9-5-4-8-22(23)24(20)28/h1-9,18,21,27H,10-17H2. The molecule has 0 spiro atoms. The molecule has 29 heavy (non-hydrogen) atoms. The summed E-state index contributed by atoms with van der Waals surface area (Å²) in [5.41, 5.74) is 2.72. The normalized spacial score (nSPS) is 18.3. The van der Waals surface area contributed by atoms with Crippen molar-refractivity contribution in [3.05, 3.63) is 82.2 Å². The van der Waals surface area contributed by atoms with Gasteiger partial charge in [-0.1, -0.05) is 42.5 Å². The maximum absolute atomic E-state index is 12.8. The molecule has 3 aromatic rings. The van der Waals surface area contributed by atoms with Crippen LogP contribution in [0, 0.1) is 0 Å². The van der Waals surface area contributed by atoms with Crippen molar-refractivity contribution in [3.63, 3.8) is 0 Å². The fourth-order valence-electron chi connectivity index (χ4n) is 4.20. The van der Waals surface area contributed by atoms with Crippen LogP contribution in [0.5, 0.6) is 0 Å². The van der Waals surface area contributed by atoms with Gasteiger partial charge >= 0.3 is 0 Å². The number of rotatable bonds is 7. The molecule has 152 valence electrons. The van der Waals surface area contributed by atoms with Gasteiger partial charge in [0.25, 0.3) is 0 Å². The monoisotopic (exact) mass is 392 g/mol. The lowest BCUT2D eigenvalue weighted by atomic mass is 10.1. The lowest BCUT2D eigenvalue weighted by Crippen LogP contribution is -2.53. The highest BCUT2D eigenvalue weighted by Crippen LogP contribution is 2.17. The van der Waals surface area contributed by atoms with Gasteiger partial charge < -0.3 is 9.52 Å². The van der Waals surface area contributed by atoms with Gasteiger partial charge in [0.1, 0.15) is 5.58 Å². The molecule has 4 rings (SSSR count). The van der Waals surface area contributed by atoms with E-state index in [1.807, 2.05) is 30.3 Å². The molecular weight excluding hydrogens is 364 g/mol. The van der Waals surface area contributed by atoms with Gasteiger partial charge in [0, 0.05) is 50.9 Å². The summed E-state index contributed by atoms with van der Waals surface area (Å²) in [6.45, 7) is 4.45. The lowest BCUT2D eigenvalue weighted by molar-refractivity contribution is 0.0558. The summed E-state index contributed by atoms with van der Waals surface area (Å²) in [6, 6.07) is 18.2. The third kappa shape index (κ3) is 4.75. The Hall–Kier alpha value is -2.47. The number of hydrogen-bond acceptors (Lipinski definition) is 5. The van der Waals surface area contributed by atoms with E-state index >= 15 is 0 Å². The molecule has 5 heteroatoms. The molecule has 1 aromatic heterocycles. The maximum Gasteiger partial charge on any atom is 0.197 e. The van der Waals surface area contributed by atoms with Crippen LogP contribution in [-0.4, -0.2) is 53.7 Å². The van der Waals surface area contributed by atoms with Gasteiger partial charge in [0.2, 0.25) is 0 Å². The lowest BCUT2D eigenvalue weighted by Gasteiger charge is -2.41. The first-order valence-corrected chi connectivity index (χ1v) is 10.3. The molecule has 5 nitrogen and oxygen atoms in total. The zero-order valence-electron chi connectivity index (χ0n) is 16.7. The molecule has 1 unspecified atom stereocenters. The Morgan fingerprint density at radius 1 is 1.03 bits per heavy atom. The molecule has 0 amide bonds. The van der Waals surface area contributed by atoms with Crippen LogP contribution in [0.25, 0.3) is 11.0 Å². The molecular formula is C24H28N2O3. The predicted octanol–water partition coefficient (Wildman–Crippen LogP) is 2.90. The van der Waals surface area contributed by atoms with Gasteiger partial charge in [-0.25, -0.2) is 0 Å². The van der Waals surface area contributed by atoms with Gasteiger partial charge in [-0.2, -0.15) is 0 Å². The van der Waals surface area contributed by atoms with E-state index in [1.54, 1.807) is 6.26 Å². The van der Waals surface area contributed by atoms with E-state index in [0.29, 0.717) is 29.1 Å². The van der Waals surface area contributed by atoms with Gasteiger partial charge in [0.05, 0.1) is 11.6 Å². The number of nitrogens with zero attached hydrogens (tertiary/aromatic N) is 2. The van der Waals surface area contributed by atoms with E-state index < -0.39 is 0 Å². The SMILES string of the molecule is O=c1c(CN2CCN(CCc3ccccc3)C(CCO)C2)coc2ccccc12. The molecule has 2 aromatic carbocycles. The van der Waals surface area contributed by atoms with E-state index in [0.717, 1.165) is 39.0 Å². The van der Waals surface area contributed by atoms with Crippen LogP contribution in [0.15, 0.2) is 70.1 Å². The fraction of sp³-hybridized carbons (Fsp3) is 0.375. The van der Waals surface area contributed by atoms with E-state index in [2.05, 4.69) is 34.1 Å². The second kappa shape index (κ2) is 9.35. The first-order chi connectivity index (χ1) is 14.2. The summed E-state index contributed by atoms with van der Waals surface area (Å²) in [5, 5.41) is 10.2.